The average Bonchev–Trinajstić information content (AvgIpc) is 2.71. The van der Waals surface area contributed by atoms with Gasteiger partial charge >= 0.3 is 0 Å². The van der Waals surface area contributed by atoms with Crippen LogP contribution < -0.4 is 29.8 Å². The molecule has 0 radical (unpaired) electrons. The third kappa shape index (κ3) is 4.11. The molecule has 0 fully saturated rings. The third-order valence-electron chi connectivity index (χ3n) is 4.13. The summed E-state index contributed by atoms with van der Waals surface area (Å²) in [5, 5.41) is 0. The smallest absolute Gasteiger partial charge is 0.283 e. The molecular weight excluding hydrogens is 364 g/mol. The quantitative estimate of drug-likeness (QED) is 0.764. The van der Waals surface area contributed by atoms with Gasteiger partial charge in [-0.1, -0.05) is 12.1 Å². The third-order valence-corrected chi connectivity index (χ3v) is 4.13. The number of rotatable bonds is 5. The molecule has 2 aromatic rings. The zero-order chi connectivity index (χ0) is 20.1. The molecule has 0 aliphatic carbocycles. The number of amides is 2. The maximum absolute atomic E-state index is 12.4. The molecule has 0 aromatic heterocycles. The second-order valence-corrected chi connectivity index (χ2v) is 6.05. The Hall–Kier alpha value is -3.42. The van der Waals surface area contributed by atoms with E-state index < -0.39 is 24.0 Å². The molecule has 2 atom stereocenters. The number of ether oxygens (including phenoxy) is 4. The fourth-order valence-corrected chi connectivity index (χ4v) is 2.75. The minimum atomic E-state index is -0.898. The lowest BCUT2D eigenvalue weighted by atomic mass is 10.1. The second-order valence-electron chi connectivity index (χ2n) is 6.05. The van der Waals surface area contributed by atoms with Gasteiger partial charge in [-0.2, -0.15) is 0 Å². The summed E-state index contributed by atoms with van der Waals surface area (Å²) in [6, 6.07) is 11.8. The Bertz CT molecular complexity index is 870. The summed E-state index contributed by atoms with van der Waals surface area (Å²) < 4.78 is 22.0. The van der Waals surface area contributed by atoms with E-state index in [9.17, 15) is 9.59 Å². The molecule has 0 unspecified atom stereocenters. The molecule has 1 aliphatic rings. The number of methoxy groups -OCH3 is 1. The van der Waals surface area contributed by atoms with Crippen molar-refractivity contribution in [2.75, 3.05) is 13.7 Å². The molecule has 2 N–H and O–H groups in total. The van der Waals surface area contributed by atoms with Gasteiger partial charge in [-0.15, -0.1) is 0 Å². The minimum absolute atomic E-state index is 0.305. The van der Waals surface area contributed by atoms with Crippen LogP contribution in [0.15, 0.2) is 42.5 Å². The summed E-state index contributed by atoms with van der Waals surface area (Å²) in [6.07, 6.45) is -1.41. The number of nitrogens with one attached hydrogen (secondary N) is 2. The van der Waals surface area contributed by atoms with Gasteiger partial charge in [-0.3, -0.25) is 20.4 Å². The van der Waals surface area contributed by atoms with E-state index in [2.05, 4.69) is 10.9 Å². The van der Waals surface area contributed by atoms with Crippen molar-refractivity contribution in [3.63, 3.8) is 0 Å². The SMILES string of the molecule is CCOc1ccc(C(=O)NNC(=O)[C@@H]2Oc3ccccc3O[C@H]2C)cc1OC. The molecule has 0 bridgehead atoms. The molecule has 148 valence electrons. The van der Waals surface area contributed by atoms with Gasteiger partial charge in [0, 0.05) is 5.56 Å². The topological polar surface area (TPSA) is 95.1 Å². The largest absolute Gasteiger partial charge is 0.493 e. The van der Waals surface area contributed by atoms with Crippen molar-refractivity contribution in [3.8, 4) is 23.0 Å². The van der Waals surface area contributed by atoms with Crippen LogP contribution in [-0.2, 0) is 4.79 Å². The van der Waals surface area contributed by atoms with E-state index in [0.717, 1.165) is 0 Å². The van der Waals surface area contributed by atoms with Crippen molar-refractivity contribution in [1.82, 2.24) is 10.9 Å². The monoisotopic (exact) mass is 386 g/mol. The van der Waals surface area contributed by atoms with Crippen molar-refractivity contribution < 1.29 is 28.5 Å². The van der Waals surface area contributed by atoms with Crippen LogP contribution in [0.3, 0.4) is 0 Å². The molecule has 8 heteroatoms. The van der Waals surface area contributed by atoms with E-state index >= 15 is 0 Å². The summed E-state index contributed by atoms with van der Waals surface area (Å²) in [7, 11) is 1.49. The molecule has 2 aromatic carbocycles. The molecule has 1 aliphatic heterocycles. The van der Waals surface area contributed by atoms with E-state index in [1.54, 1.807) is 37.3 Å². The molecule has 1 heterocycles. The predicted octanol–water partition coefficient (Wildman–Crippen LogP) is 2.08. The van der Waals surface area contributed by atoms with Gasteiger partial charge in [0.25, 0.3) is 11.8 Å². The first kappa shape index (κ1) is 19.3. The molecule has 0 spiro atoms. The highest BCUT2D eigenvalue weighted by molar-refractivity contribution is 5.96. The first-order valence-electron chi connectivity index (χ1n) is 8.86. The van der Waals surface area contributed by atoms with Gasteiger partial charge in [0.1, 0.15) is 6.10 Å². The van der Waals surface area contributed by atoms with Gasteiger partial charge in [-0.05, 0) is 44.2 Å². The summed E-state index contributed by atoms with van der Waals surface area (Å²) >= 11 is 0. The zero-order valence-corrected chi connectivity index (χ0v) is 15.9. The lowest BCUT2D eigenvalue weighted by Crippen LogP contribution is -2.53. The van der Waals surface area contributed by atoms with Crippen LogP contribution in [0.25, 0.3) is 0 Å². The fraction of sp³-hybridized carbons (Fsp3) is 0.300. The lowest BCUT2D eigenvalue weighted by Gasteiger charge is -2.30. The number of carbonyl (C=O) groups excluding carboxylic acids is 2. The molecular formula is C20H22N2O6. The minimum Gasteiger partial charge on any atom is -0.493 e. The van der Waals surface area contributed by atoms with Gasteiger partial charge in [-0.25, -0.2) is 0 Å². The van der Waals surface area contributed by atoms with E-state index in [1.807, 2.05) is 13.0 Å². The van der Waals surface area contributed by atoms with Gasteiger partial charge in [0.05, 0.1) is 13.7 Å². The second kappa shape index (κ2) is 8.51. The molecule has 0 saturated heterocycles. The Morgan fingerprint density at radius 3 is 2.43 bits per heavy atom. The van der Waals surface area contributed by atoms with Crippen LogP contribution in [0, 0.1) is 0 Å². The summed E-state index contributed by atoms with van der Waals surface area (Å²) in [4.78, 5) is 24.8. The summed E-state index contributed by atoms with van der Waals surface area (Å²) in [5.74, 6) is 0.988. The Labute approximate surface area is 162 Å². The number of benzene rings is 2. The van der Waals surface area contributed by atoms with Crippen molar-refractivity contribution in [2.24, 2.45) is 0 Å². The summed E-state index contributed by atoms with van der Waals surface area (Å²) in [5.41, 5.74) is 5.05. The van der Waals surface area contributed by atoms with E-state index in [0.29, 0.717) is 35.2 Å². The predicted molar refractivity (Wildman–Crippen MR) is 101 cm³/mol. The Morgan fingerprint density at radius 1 is 1.04 bits per heavy atom. The van der Waals surface area contributed by atoms with E-state index in [4.69, 9.17) is 18.9 Å². The van der Waals surface area contributed by atoms with Crippen molar-refractivity contribution in [3.05, 3.63) is 48.0 Å². The van der Waals surface area contributed by atoms with E-state index in [-0.39, 0.29) is 0 Å². The van der Waals surface area contributed by atoms with Crippen molar-refractivity contribution >= 4 is 11.8 Å². The number of hydrogen-bond acceptors (Lipinski definition) is 6. The van der Waals surface area contributed by atoms with Crippen molar-refractivity contribution in [1.29, 1.82) is 0 Å². The van der Waals surface area contributed by atoms with Crippen LogP contribution in [0.2, 0.25) is 0 Å². The standard InChI is InChI=1S/C20H22N2O6/c1-4-26-14-10-9-13(11-17(14)25-3)19(23)21-22-20(24)18-12(2)27-15-7-5-6-8-16(15)28-18/h5-12,18H,4H2,1-3H3,(H,21,23)(H,22,24)/t12-,18+/m0/s1. The fourth-order valence-electron chi connectivity index (χ4n) is 2.75. The highest BCUT2D eigenvalue weighted by atomic mass is 16.6. The number of para-hydroxylation sites is 2. The van der Waals surface area contributed by atoms with Crippen molar-refractivity contribution in [2.45, 2.75) is 26.1 Å². The molecule has 2 amide bonds. The first-order valence-corrected chi connectivity index (χ1v) is 8.86. The lowest BCUT2D eigenvalue weighted by molar-refractivity contribution is -0.134. The molecule has 3 rings (SSSR count). The van der Waals surface area contributed by atoms with Gasteiger partial charge in [0.2, 0.25) is 6.10 Å². The average molecular weight is 386 g/mol. The van der Waals surface area contributed by atoms with Crippen LogP contribution in [0.1, 0.15) is 24.2 Å². The highest BCUT2D eigenvalue weighted by Crippen LogP contribution is 2.33. The maximum Gasteiger partial charge on any atom is 0.283 e. The van der Waals surface area contributed by atoms with Crippen LogP contribution in [0.5, 0.6) is 23.0 Å². The van der Waals surface area contributed by atoms with Crippen LogP contribution in [0.4, 0.5) is 0 Å². The highest BCUT2D eigenvalue weighted by Gasteiger charge is 2.34. The Balaban J connectivity index is 1.62. The zero-order valence-electron chi connectivity index (χ0n) is 15.9. The first-order chi connectivity index (χ1) is 13.5. The van der Waals surface area contributed by atoms with Crippen LogP contribution >= 0.6 is 0 Å². The maximum atomic E-state index is 12.4. The van der Waals surface area contributed by atoms with Crippen LogP contribution in [-0.4, -0.2) is 37.7 Å². The van der Waals surface area contributed by atoms with Gasteiger partial charge in [0.15, 0.2) is 23.0 Å². The molecule has 0 saturated carbocycles. The van der Waals surface area contributed by atoms with E-state index in [1.165, 1.54) is 13.2 Å². The normalized spacial score (nSPS) is 17.4. The molecule has 28 heavy (non-hydrogen) atoms. The number of carbonyl (C=O) groups is 2. The summed E-state index contributed by atoms with van der Waals surface area (Å²) in [6.45, 7) is 4.05. The Kier molecular flexibility index (Phi) is 5.88. The number of hydrazine groups is 1. The molecule has 8 nitrogen and oxygen atoms in total. The number of fused-ring (bicyclic) bond motifs is 1. The van der Waals surface area contributed by atoms with Gasteiger partial charge < -0.3 is 18.9 Å². The number of hydrogen-bond donors (Lipinski definition) is 2. The Morgan fingerprint density at radius 2 is 1.75 bits per heavy atom.